The summed E-state index contributed by atoms with van der Waals surface area (Å²) in [5.74, 6) is -1.01. The molecule has 0 atom stereocenters. The van der Waals surface area contributed by atoms with E-state index in [4.69, 9.17) is 9.84 Å². The summed E-state index contributed by atoms with van der Waals surface area (Å²) < 4.78 is 4.86. The zero-order valence-electron chi connectivity index (χ0n) is 10.1. The molecule has 0 radical (unpaired) electrons. The van der Waals surface area contributed by atoms with Crippen LogP contribution in [-0.4, -0.2) is 61.8 Å². The van der Waals surface area contributed by atoms with Crippen LogP contribution < -0.4 is 5.32 Å². The molecule has 1 aliphatic rings. The minimum atomic E-state index is -0.754. The number of nitrogens with zero attached hydrogens (tertiary/aromatic N) is 1. The normalized spacial score (nSPS) is 17.1. The van der Waals surface area contributed by atoms with Crippen LogP contribution in [0.4, 0.5) is 0 Å². The van der Waals surface area contributed by atoms with E-state index in [-0.39, 0.29) is 11.8 Å². The first kappa shape index (κ1) is 13.9. The third kappa shape index (κ3) is 4.70. The molecule has 6 heteroatoms. The molecule has 1 fully saturated rings. The second kappa shape index (κ2) is 7.24. The van der Waals surface area contributed by atoms with E-state index in [9.17, 15) is 9.59 Å². The minimum Gasteiger partial charge on any atom is -0.481 e. The number of aliphatic carboxylic acids is 1. The van der Waals surface area contributed by atoms with Crippen molar-refractivity contribution in [1.29, 1.82) is 0 Å². The van der Waals surface area contributed by atoms with Crippen molar-refractivity contribution in [3.63, 3.8) is 0 Å². The number of amides is 1. The number of piperidine rings is 1. The fourth-order valence-corrected chi connectivity index (χ4v) is 1.86. The third-order valence-electron chi connectivity index (χ3n) is 2.96. The van der Waals surface area contributed by atoms with Crippen LogP contribution >= 0.6 is 0 Å². The topological polar surface area (TPSA) is 78.9 Å². The van der Waals surface area contributed by atoms with Crippen molar-refractivity contribution in [2.24, 2.45) is 5.92 Å². The van der Waals surface area contributed by atoms with E-state index in [1.807, 2.05) is 0 Å². The Labute approximate surface area is 101 Å². The van der Waals surface area contributed by atoms with E-state index in [2.05, 4.69) is 5.32 Å². The highest BCUT2D eigenvalue weighted by Gasteiger charge is 2.26. The predicted molar refractivity (Wildman–Crippen MR) is 61.7 cm³/mol. The molecule has 1 aliphatic heterocycles. The van der Waals surface area contributed by atoms with Crippen molar-refractivity contribution < 1.29 is 19.4 Å². The van der Waals surface area contributed by atoms with Crippen LogP contribution in [0.25, 0.3) is 0 Å². The molecule has 0 aromatic heterocycles. The first-order valence-corrected chi connectivity index (χ1v) is 5.85. The summed E-state index contributed by atoms with van der Waals surface area (Å²) in [4.78, 5) is 24.2. The maximum Gasteiger partial charge on any atom is 0.306 e. The van der Waals surface area contributed by atoms with Crippen LogP contribution in [0.2, 0.25) is 0 Å². The molecule has 1 heterocycles. The van der Waals surface area contributed by atoms with Gasteiger partial charge in [-0.25, -0.2) is 0 Å². The summed E-state index contributed by atoms with van der Waals surface area (Å²) in [5, 5.41) is 11.8. The van der Waals surface area contributed by atoms with Crippen LogP contribution in [0.5, 0.6) is 0 Å². The molecule has 17 heavy (non-hydrogen) atoms. The molecule has 2 N–H and O–H groups in total. The standard InChI is InChI=1S/C11H20N2O4/c1-17-7-4-12-8-10(14)13-5-2-9(3-6-13)11(15)16/h9,12H,2-8H2,1H3,(H,15,16). The van der Waals surface area contributed by atoms with E-state index >= 15 is 0 Å². The van der Waals surface area contributed by atoms with Gasteiger partial charge in [-0.15, -0.1) is 0 Å². The van der Waals surface area contributed by atoms with Gasteiger partial charge in [0.1, 0.15) is 0 Å². The largest absolute Gasteiger partial charge is 0.481 e. The van der Waals surface area contributed by atoms with Gasteiger partial charge in [0.15, 0.2) is 0 Å². The Hall–Kier alpha value is -1.14. The van der Waals surface area contributed by atoms with E-state index in [0.29, 0.717) is 45.6 Å². The van der Waals surface area contributed by atoms with Gasteiger partial charge in [-0.05, 0) is 12.8 Å². The van der Waals surface area contributed by atoms with E-state index in [1.165, 1.54) is 0 Å². The van der Waals surface area contributed by atoms with E-state index in [1.54, 1.807) is 12.0 Å². The Morgan fingerprint density at radius 3 is 2.59 bits per heavy atom. The number of carboxylic acids is 1. The molecule has 6 nitrogen and oxygen atoms in total. The van der Waals surface area contributed by atoms with Gasteiger partial charge in [-0.3, -0.25) is 9.59 Å². The minimum absolute atomic E-state index is 0.0324. The van der Waals surface area contributed by atoms with Crippen LogP contribution in [-0.2, 0) is 14.3 Å². The zero-order chi connectivity index (χ0) is 12.7. The number of carboxylic acid groups (broad SMARTS) is 1. The van der Waals surface area contributed by atoms with Gasteiger partial charge in [0.25, 0.3) is 0 Å². The van der Waals surface area contributed by atoms with Crippen molar-refractivity contribution in [2.75, 3.05) is 39.9 Å². The Morgan fingerprint density at radius 2 is 2.06 bits per heavy atom. The number of rotatable bonds is 6. The fraction of sp³-hybridized carbons (Fsp3) is 0.818. The first-order chi connectivity index (χ1) is 8.15. The molecule has 0 saturated carbocycles. The molecule has 0 spiro atoms. The summed E-state index contributed by atoms with van der Waals surface area (Å²) in [7, 11) is 1.61. The molecular formula is C11H20N2O4. The molecule has 1 amide bonds. The number of hydrogen-bond acceptors (Lipinski definition) is 4. The monoisotopic (exact) mass is 244 g/mol. The SMILES string of the molecule is COCCNCC(=O)N1CCC(C(=O)O)CC1. The summed E-state index contributed by atoms with van der Waals surface area (Å²) >= 11 is 0. The van der Waals surface area contributed by atoms with Crippen LogP contribution in [0.3, 0.4) is 0 Å². The van der Waals surface area contributed by atoms with Gasteiger partial charge >= 0.3 is 5.97 Å². The highest BCUT2D eigenvalue weighted by molar-refractivity contribution is 5.78. The Morgan fingerprint density at radius 1 is 1.41 bits per heavy atom. The molecule has 0 aliphatic carbocycles. The summed E-state index contributed by atoms with van der Waals surface area (Å²) in [6, 6.07) is 0. The summed E-state index contributed by atoms with van der Waals surface area (Å²) in [5.41, 5.74) is 0. The summed E-state index contributed by atoms with van der Waals surface area (Å²) in [6.07, 6.45) is 1.11. The number of hydrogen-bond donors (Lipinski definition) is 2. The van der Waals surface area contributed by atoms with Crippen molar-refractivity contribution in [3.8, 4) is 0 Å². The highest BCUT2D eigenvalue weighted by atomic mass is 16.5. The smallest absolute Gasteiger partial charge is 0.306 e. The van der Waals surface area contributed by atoms with Crippen molar-refractivity contribution in [1.82, 2.24) is 10.2 Å². The lowest BCUT2D eigenvalue weighted by molar-refractivity contribution is -0.145. The first-order valence-electron chi connectivity index (χ1n) is 5.85. The van der Waals surface area contributed by atoms with Crippen LogP contribution in [0.1, 0.15) is 12.8 Å². The van der Waals surface area contributed by atoms with Crippen LogP contribution in [0, 0.1) is 5.92 Å². The molecule has 0 aromatic carbocycles. The molecule has 0 unspecified atom stereocenters. The number of nitrogens with one attached hydrogen (secondary N) is 1. The quantitative estimate of drug-likeness (QED) is 0.618. The third-order valence-corrected chi connectivity index (χ3v) is 2.96. The lowest BCUT2D eigenvalue weighted by Crippen LogP contribution is -2.44. The number of ether oxygens (including phenoxy) is 1. The molecule has 1 rings (SSSR count). The second-order valence-corrected chi connectivity index (χ2v) is 4.16. The highest BCUT2D eigenvalue weighted by Crippen LogP contribution is 2.16. The number of methoxy groups -OCH3 is 1. The zero-order valence-corrected chi connectivity index (χ0v) is 10.1. The molecule has 0 bridgehead atoms. The number of likely N-dealkylation sites (tertiary alicyclic amines) is 1. The Kier molecular flexibility index (Phi) is 5.93. The van der Waals surface area contributed by atoms with Crippen molar-refractivity contribution >= 4 is 11.9 Å². The van der Waals surface area contributed by atoms with Gasteiger partial charge in [-0.2, -0.15) is 0 Å². The average molecular weight is 244 g/mol. The number of carbonyl (C=O) groups excluding carboxylic acids is 1. The number of carbonyl (C=O) groups is 2. The molecule has 98 valence electrons. The average Bonchev–Trinajstić information content (AvgIpc) is 2.34. The van der Waals surface area contributed by atoms with Gasteiger partial charge in [0, 0.05) is 26.7 Å². The lowest BCUT2D eigenvalue weighted by atomic mass is 9.97. The van der Waals surface area contributed by atoms with E-state index < -0.39 is 5.97 Å². The van der Waals surface area contributed by atoms with E-state index in [0.717, 1.165) is 0 Å². The molecule has 1 saturated heterocycles. The van der Waals surface area contributed by atoms with Crippen molar-refractivity contribution in [2.45, 2.75) is 12.8 Å². The van der Waals surface area contributed by atoms with Gasteiger partial charge in [0.05, 0.1) is 19.1 Å². The van der Waals surface area contributed by atoms with Crippen LogP contribution in [0.15, 0.2) is 0 Å². The second-order valence-electron chi connectivity index (χ2n) is 4.16. The Balaban J connectivity index is 2.19. The lowest BCUT2D eigenvalue weighted by Gasteiger charge is -2.30. The Bertz CT molecular complexity index is 262. The predicted octanol–water partition coefficient (Wildman–Crippen LogP) is -0.454. The van der Waals surface area contributed by atoms with Crippen molar-refractivity contribution in [3.05, 3.63) is 0 Å². The van der Waals surface area contributed by atoms with Gasteiger partial charge < -0.3 is 20.1 Å². The summed E-state index contributed by atoms with van der Waals surface area (Å²) in [6.45, 7) is 2.60. The fourth-order valence-electron chi connectivity index (χ4n) is 1.86. The molecule has 0 aromatic rings. The van der Waals surface area contributed by atoms with Gasteiger partial charge in [-0.1, -0.05) is 0 Å². The maximum absolute atomic E-state index is 11.7. The molecular weight excluding hydrogens is 224 g/mol. The van der Waals surface area contributed by atoms with Gasteiger partial charge in [0.2, 0.25) is 5.91 Å². The maximum atomic E-state index is 11.7.